The molecule has 0 fully saturated rings. The zero-order chi connectivity index (χ0) is 15.1. The van der Waals surface area contributed by atoms with Crippen molar-refractivity contribution in [2.24, 2.45) is 0 Å². The molecule has 1 heterocycles. The number of halogens is 1. The summed E-state index contributed by atoms with van der Waals surface area (Å²) < 4.78 is 18.9. The van der Waals surface area contributed by atoms with Crippen LogP contribution in [0.15, 0.2) is 40.8 Å². The first-order valence-corrected chi connectivity index (χ1v) is 6.90. The van der Waals surface area contributed by atoms with Crippen molar-refractivity contribution in [1.29, 1.82) is 0 Å². The monoisotopic (exact) mass is 284 g/mol. The predicted octanol–water partition coefficient (Wildman–Crippen LogP) is 4.58. The van der Waals surface area contributed by atoms with Crippen LogP contribution in [0.25, 0.3) is 11.0 Å². The standard InChI is InChI=1S/C18H17FO2/c1-10-6-11(2)17(12(3)7-10)18(20)16-9-13-8-14(19)4-5-15(13)21-16/h4-9,18,20H,1-3H3. The van der Waals surface area contributed by atoms with E-state index in [2.05, 4.69) is 0 Å². The van der Waals surface area contributed by atoms with Gasteiger partial charge in [0.05, 0.1) is 0 Å². The van der Waals surface area contributed by atoms with Crippen molar-refractivity contribution < 1.29 is 13.9 Å². The van der Waals surface area contributed by atoms with Gasteiger partial charge < -0.3 is 9.52 Å². The van der Waals surface area contributed by atoms with E-state index in [1.54, 1.807) is 12.1 Å². The van der Waals surface area contributed by atoms with Crippen LogP contribution in [-0.2, 0) is 0 Å². The van der Waals surface area contributed by atoms with Gasteiger partial charge in [0, 0.05) is 5.39 Å². The molecule has 21 heavy (non-hydrogen) atoms. The molecule has 0 aliphatic carbocycles. The molecule has 3 aromatic rings. The number of furan rings is 1. The minimum atomic E-state index is -0.846. The fourth-order valence-electron chi connectivity index (χ4n) is 2.93. The second-order valence-electron chi connectivity index (χ2n) is 5.55. The Bertz CT molecular complexity index is 794. The van der Waals surface area contributed by atoms with Gasteiger partial charge in [-0.25, -0.2) is 4.39 Å². The lowest BCUT2D eigenvalue weighted by atomic mass is 9.94. The Kier molecular flexibility index (Phi) is 3.30. The first-order chi connectivity index (χ1) is 9.95. The summed E-state index contributed by atoms with van der Waals surface area (Å²) >= 11 is 0. The maximum absolute atomic E-state index is 13.2. The molecule has 1 unspecified atom stereocenters. The van der Waals surface area contributed by atoms with Gasteiger partial charge in [0.2, 0.25) is 0 Å². The average molecular weight is 284 g/mol. The summed E-state index contributed by atoms with van der Waals surface area (Å²) in [4.78, 5) is 0. The Balaban J connectivity index is 2.10. The largest absolute Gasteiger partial charge is 0.458 e. The van der Waals surface area contributed by atoms with E-state index < -0.39 is 6.10 Å². The van der Waals surface area contributed by atoms with Crippen molar-refractivity contribution in [2.75, 3.05) is 0 Å². The van der Waals surface area contributed by atoms with Crippen LogP contribution in [0.3, 0.4) is 0 Å². The van der Waals surface area contributed by atoms with Crippen molar-refractivity contribution in [3.63, 3.8) is 0 Å². The molecule has 1 aromatic heterocycles. The molecule has 0 aliphatic rings. The van der Waals surface area contributed by atoms with Gasteiger partial charge in [-0.3, -0.25) is 0 Å². The Hall–Kier alpha value is -2.13. The van der Waals surface area contributed by atoms with Gasteiger partial charge in [0.15, 0.2) is 0 Å². The van der Waals surface area contributed by atoms with Crippen molar-refractivity contribution >= 4 is 11.0 Å². The van der Waals surface area contributed by atoms with E-state index in [4.69, 9.17) is 4.42 Å². The molecule has 3 heteroatoms. The van der Waals surface area contributed by atoms with Gasteiger partial charge in [0.1, 0.15) is 23.3 Å². The van der Waals surface area contributed by atoms with Crippen LogP contribution in [0.2, 0.25) is 0 Å². The third-order valence-corrected chi connectivity index (χ3v) is 3.78. The highest BCUT2D eigenvalue weighted by Gasteiger charge is 2.20. The summed E-state index contributed by atoms with van der Waals surface area (Å²) in [5.74, 6) is 0.123. The maximum Gasteiger partial charge on any atom is 0.138 e. The SMILES string of the molecule is Cc1cc(C)c(C(O)c2cc3cc(F)ccc3o2)c(C)c1. The van der Waals surface area contributed by atoms with Gasteiger partial charge in [0.25, 0.3) is 0 Å². The van der Waals surface area contributed by atoms with Gasteiger partial charge in [-0.1, -0.05) is 17.7 Å². The molecule has 0 radical (unpaired) electrons. The molecule has 0 bridgehead atoms. The Morgan fingerprint density at radius 1 is 1.00 bits per heavy atom. The van der Waals surface area contributed by atoms with Gasteiger partial charge >= 0.3 is 0 Å². The van der Waals surface area contributed by atoms with Crippen molar-refractivity contribution in [3.8, 4) is 0 Å². The number of aryl methyl sites for hydroxylation is 3. The van der Waals surface area contributed by atoms with Crippen molar-refractivity contribution in [1.82, 2.24) is 0 Å². The van der Waals surface area contributed by atoms with Gasteiger partial charge in [-0.05, 0) is 61.7 Å². The Morgan fingerprint density at radius 3 is 2.33 bits per heavy atom. The second-order valence-corrected chi connectivity index (χ2v) is 5.55. The lowest BCUT2D eigenvalue weighted by Gasteiger charge is -2.15. The predicted molar refractivity (Wildman–Crippen MR) is 80.9 cm³/mol. The molecule has 0 saturated carbocycles. The summed E-state index contributed by atoms with van der Waals surface area (Å²) in [6, 6.07) is 10.1. The molecule has 0 amide bonds. The van der Waals surface area contributed by atoms with Gasteiger partial charge in [-0.15, -0.1) is 0 Å². The van der Waals surface area contributed by atoms with Gasteiger partial charge in [-0.2, -0.15) is 0 Å². The van der Waals surface area contributed by atoms with Crippen LogP contribution in [0.4, 0.5) is 4.39 Å². The smallest absolute Gasteiger partial charge is 0.138 e. The molecule has 0 spiro atoms. The van der Waals surface area contributed by atoms with E-state index in [1.807, 2.05) is 32.9 Å². The third kappa shape index (κ3) is 2.45. The summed E-state index contributed by atoms with van der Waals surface area (Å²) in [7, 11) is 0. The molecule has 0 saturated heterocycles. The fraction of sp³-hybridized carbons (Fsp3) is 0.222. The van der Waals surface area contributed by atoms with Crippen molar-refractivity contribution in [3.05, 3.63) is 70.2 Å². The summed E-state index contributed by atoms with van der Waals surface area (Å²) in [5, 5.41) is 11.3. The molecule has 2 nitrogen and oxygen atoms in total. The number of hydrogen-bond donors (Lipinski definition) is 1. The first kappa shape index (κ1) is 13.8. The number of rotatable bonds is 2. The quantitative estimate of drug-likeness (QED) is 0.747. The highest BCUT2D eigenvalue weighted by molar-refractivity contribution is 5.78. The van der Waals surface area contributed by atoms with Crippen LogP contribution in [0.5, 0.6) is 0 Å². The van der Waals surface area contributed by atoms with E-state index in [0.717, 1.165) is 22.3 Å². The number of aliphatic hydroxyl groups is 1. The normalized spacial score (nSPS) is 12.8. The van der Waals surface area contributed by atoms with E-state index in [-0.39, 0.29) is 5.82 Å². The lowest BCUT2D eigenvalue weighted by molar-refractivity contribution is 0.191. The topological polar surface area (TPSA) is 33.4 Å². The molecular formula is C18H17FO2. The van der Waals surface area contributed by atoms with Crippen LogP contribution in [0.1, 0.15) is 34.1 Å². The molecule has 1 N–H and O–H groups in total. The number of fused-ring (bicyclic) bond motifs is 1. The first-order valence-electron chi connectivity index (χ1n) is 6.90. The molecule has 1 atom stereocenters. The highest BCUT2D eigenvalue weighted by atomic mass is 19.1. The minimum absolute atomic E-state index is 0.313. The highest BCUT2D eigenvalue weighted by Crippen LogP contribution is 2.32. The molecule has 108 valence electrons. The summed E-state index contributed by atoms with van der Waals surface area (Å²) in [5.41, 5.74) is 4.62. The van der Waals surface area contributed by atoms with E-state index in [1.165, 1.54) is 12.1 Å². The summed E-state index contributed by atoms with van der Waals surface area (Å²) in [6.45, 7) is 5.97. The van der Waals surface area contributed by atoms with Crippen LogP contribution >= 0.6 is 0 Å². The molecule has 3 rings (SSSR count). The molecule has 2 aromatic carbocycles. The zero-order valence-electron chi connectivity index (χ0n) is 12.3. The molecular weight excluding hydrogens is 267 g/mol. The van der Waals surface area contributed by atoms with E-state index >= 15 is 0 Å². The van der Waals surface area contributed by atoms with Crippen LogP contribution < -0.4 is 0 Å². The third-order valence-electron chi connectivity index (χ3n) is 3.78. The summed E-state index contributed by atoms with van der Waals surface area (Å²) in [6.07, 6.45) is -0.846. The number of hydrogen-bond acceptors (Lipinski definition) is 2. The second kappa shape index (κ2) is 5.01. The fourth-order valence-corrected chi connectivity index (χ4v) is 2.93. The molecule has 0 aliphatic heterocycles. The lowest BCUT2D eigenvalue weighted by Crippen LogP contribution is -2.04. The van der Waals surface area contributed by atoms with E-state index in [0.29, 0.717) is 16.7 Å². The van der Waals surface area contributed by atoms with Crippen LogP contribution in [0, 0.1) is 26.6 Å². The number of benzene rings is 2. The van der Waals surface area contributed by atoms with Crippen molar-refractivity contribution in [2.45, 2.75) is 26.9 Å². The zero-order valence-corrected chi connectivity index (χ0v) is 12.3. The Morgan fingerprint density at radius 2 is 1.67 bits per heavy atom. The van der Waals surface area contributed by atoms with E-state index in [9.17, 15) is 9.50 Å². The maximum atomic E-state index is 13.2. The Labute approximate surface area is 122 Å². The number of aliphatic hydroxyl groups excluding tert-OH is 1. The average Bonchev–Trinajstić information content (AvgIpc) is 2.80. The minimum Gasteiger partial charge on any atom is -0.458 e. The van der Waals surface area contributed by atoms with Crippen LogP contribution in [-0.4, -0.2) is 5.11 Å².